The fourth-order valence-electron chi connectivity index (χ4n) is 3.04. The lowest BCUT2D eigenvalue weighted by atomic mass is 10.0. The Balaban J connectivity index is 1.79. The number of hydrogen-bond acceptors (Lipinski definition) is 2. The monoisotopic (exact) mass is 288 g/mol. The van der Waals surface area contributed by atoms with Crippen LogP contribution < -0.4 is 5.32 Å². The van der Waals surface area contributed by atoms with E-state index in [4.69, 9.17) is 0 Å². The van der Waals surface area contributed by atoms with E-state index in [1.165, 1.54) is 10.9 Å². The molecular formula is C19H16N2O. The van der Waals surface area contributed by atoms with Crippen molar-refractivity contribution >= 4 is 22.4 Å². The van der Waals surface area contributed by atoms with Crippen molar-refractivity contribution in [3.8, 4) is 0 Å². The molecule has 108 valence electrons. The van der Waals surface area contributed by atoms with Gasteiger partial charge < -0.3 is 10.3 Å². The number of aromatic amines is 1. The Morgan fingerprint density at radius 3 is 2.64 bits per heavy atom. The van der Waals surface area contributed by atoms with Gasteiger partial charge in [-0.05, 0) is 18.1 Å². The largest absolute Gasteiger partial charge is 0.383 e. The summed E-state index contributed by atoms with van der Waals surface area (Å²) >= 11 is 0. The highest BCUT2D eigenvalue weighted by Crippen LogP contribution is 2.29. The van der Waals surface area contributed by atoms with Crippen LogP contribution in [0.1, 0.15) is 21.6 Å². The first-order chi connectivity index (χ1) is 10.8. The van der Waals surface area contributed by atoms with E-state index in [1.807, 2.05) is 36.4 Å². The molecule has 0 bridgehead atoms. The van der Waals surface area contributed by atoms with Gasteiger partial charge in [-0.15, -0.1) is 0 Å². The number of benzene rings is 2. The molecule has 0 atom stereocenters. The summed E-state index contributed by atoms with van der Waals surface area (Å²) in [5, 5.41) is 4.59. The second kappa shape index (κ2) is 5.19. The third-order valence-corrected chi connectivity index (χ3v) is 4.11. The molecule has 0 unspecified atom stereocenters. The number of aromatic nitrogens is 1. The first-order valence-electron chi connectivity index (χ1n) is 7.48. The van der Waals surface area contributed by atoms with Crippen LogP contribution in [0.25, 0.3) is 16.6 Å². The smallest absolute Gasteiger partial charge is 0.187 e. The molecule has 0 spiro atoms. The van der Waals surface area contributed by atoms with Crippen molar-refractivity contribution in [2.45, 2.75) is 6.42 Å². The van der Waals surface area contributed by atoms with E-state index < -0.39 is 0 Å². The summed E-state index contributed by atoms with van der Waals surface area (Å²) in [6.45, 7) is 0.850. The first-order valence-corrected chi connectivity index (χ1v) is 7.48. The van der Waals surface area contributed by atoms with Gasteiger partial charge in [0.2, 0.25) is 0 Å². The van der Waals surface area contributed by atoms with Crippen LogP contribution in [0, 0.1) is 0 Å². The van der Waals surface area contributed by atoms with Crippen LogP contribution in [0.3, 0.4) is 0 Å². The molecule has 3 aromatic rings. The first kappa shape index (κ1) is 12.9. The van der Waals surface area contributed by atoms with E-state index in [1.54, 1.807) is 6.08 Å². The maximum absolute atomic E-state index is 12.4. The Labute approximate surface area is 128 Å². The van der Waals surface area contributed by atoms with Gasteiger partial charge in [0.05, 0.1) is 11.4 Å². The van der Waals surface area contributed by atoms with Gasteiger partial charge in [0.15, 0.2) is 5.78 Å². The van der Waals surface area contributed by atoms with Gasteiger partial charge in [-0.1, -0.05) is 48.5 Å². The number of allylic oxidation sites excluding steroid dienone is 1. The lowest BCUT2D eigenvalue weighted by molar-refractivity contribution is 0.104. The third-order valence-electron chi connectivity index (χ3n) is 4.11. The van der Waals surface area contributed by atoms with Crippen LogP contribution in [-0.2, 0) is 6.42 Å². The Morgan fingerprint density at radius 1 is 1.00 bits per heavy atom. The molecule has 4 rings (SSSR count). The maximum Gasteiger partial charge on any atom is 0.187 e. The molecule has 1 aliphatic rings. The number of para-hydroxylation sites is 1. The summed E-state index contributed by atoms with van der Waals surface area (Å²) in [7, 11) is 0. The van der Waals surface area contributed by atoms with E-state index in [2.05, 4.69) is 28.5 Å². The summed E-state index contributed by atoms with van der Waals surface area (Å²) in [6.07, 6.45) is 2.67. The maximum atomic E-state index is 12.4. The molecule has 0 amide bonds. The summed E-state index contributed by atoms with van der Waals surface area (Å²) in [5.74, 6) is 0.0228. The highest BCUT2D eigenvalue weighted by atomic mass is 16.1. The van der Waals surface area contributed by atoms with E-state index >= 15 is 0 Å². The molecular weight excluding hydrogens is 272 g/mol. The average molecular weight is 288 g/mol. The van der Waals surface area contributed by atoms with E-state index in [-0.39, 0.29) is 5.78 Å². The molecule has 1 aliphatic heterocycles. The highest BCUT2D eigenvalue weighted by Gasteiger charge is 2.19. The van der Waals surface area contributed by atoms with Crippen molar-refractivity contribution in [3.05, 3.63) is 77.5 Å². The van der Waals surface area contributed by atoms with Gasteiger partial charge in [-0.25, -0.2) is 0 Å². The minimum atomic E-state index is 0.0228. The van der Waals surface area contributed by atoms with Crippen molar-refractivity contribution in [3.63, 3.8) is 0 Å². The van der Waals surface area contributed by atoms with Crippen molar-refractivity contribution in [2.75, 3.05) is 6.54 Å². The molecule has 0 radical (unpaired) electrons. The lowest BCUT2D eigenvalue weighted by Crippen LogP contribution is -2.23. The van der Waals surface area contributed by atoms with Gasteiger partial charge in [0, 0.05) is 29.1 Å². The Morgan fingerprint density at radius 2 is 1.77 bits per heavy atom. The average Bonchev–Trinajstić information content (AvgIpc) is 2.95. The summed E-state index contributed by atoms with van der Waals surface area (Å²) < 4.78 is 0. The predicted octanol–water partition coefficient (Wildman–Crippen LogP) is 3.54. The number of carbonyl (C=O) groups is 1. The van der Waals surface area contributed by atoms with Gasteiger partial charge in [-0.2, -0.15) is 0 Å². The molecule has 0 aliphatic carbocycles. The third kappa shape index (κ3) is 2.11. The fourth-order valence-corrected chi connectivity index (χ4v) is 3.04. The van der Waals surface area contributed by atoms with E-state index in [0.717, 1.165) is 29.9 Å². The van der Waals surface area contributed by atoms with Crippen LogP contribution in [0.2, 0.25) is 0 Å². The lowest BCUT2D eigenvalue weighted by Gasteiger charge is -2.17. The van der Waals surface area contributed by atoms with E-state index in [0.29, 0.717) is 5.56 Å². The van der Waals surface area contributed by atoms with Crippen molar-refractivity contribution in [1.82, 2.24) is 10.3 Å². The second-order valence-electron chi connectivity index (χ2n) is 5.49. The number of ketones is 1. The molecule has 3 heteroatoms. The Kier molecular flexibility index (Phi) is 3.04. The van der Waals surface area contributed by atoms with Crippen molar-refractivity contribution in [2.24, 2.45) is 0 Å². The number of fused-ring (bicyclic) bond motifs is 3. The molecule has 2 N–H and O–H groups in total. The minimum absolute atomic E-state index is 0.0228. The fraction of sp³-hybridized carbons (Fsp3) is 0.105. The number of nitrogens with one attached hydrogen (secondary N) is 2. The van der Waals surface area contributed by atoms with E-state index in [9.17, 15) is 4.79 Å². The SMILES string of the molecule is O=C(/C=C1\NCCc2c1[nH]c1ccccc21)c1ccccc1. The van der Waals surface area contributed by atoms with Gasteiger partial charge >= 0.3 is 0 Å². The van der Waals surface area contributed by atoms with Crippen LogP contribution in [0.4, 0.5) is 0 Å². The highest BCUT2D eigenvalue weighted by molar-refractivity contribution is 6.09. The summed E-state index contributed by atoms with van der Waals surface area (Å²) in [6, 6.07) is 17.6. The van der Waals surface area contributed by atoms with Gasteiger partial charge in [0.1, 0.15) is 0 Å². The molecule has 0 saturated carbocycles. The van der Waals surface area contributed by atoms with Crippen molar-refractivity contribution < 1.29 is 4.79 Å². The normalized spacial score (nSPS) is 15.5. The zero-order chi connectivity index (χ0) is 14.9. The summed E-state index contributed by atoms with van der Waals surface area (Å²) in [4.78, 5) is 15.8. The number of H-pyrrole nitrogens is 1. The zero-order valence-corrected chi connectivity index (χ0v) is 12.1. The Hall–Kier alpha value is -2.81. The molecule has 2 aromatic carbocycles. The zero-order valence-electron chi connectivity index (χ0n) is 12.1. The van der Waals surface area contributed by atoms with Crippen molar-refractivity contribution in [1.29, 1.82) is 0 Å². The quantitative estimate of drug-likeness (QED) is 0.559. The predicted molar refractivity (Wildman–Crippen MR) is 88.8 cm³/mol. The standard InChI is InChI=1S/C19H16N2O/c22-18(13-6-2-1-3-7-13)12-17-19-15(10-11-20-17)14-8-4-5-9-16(14)21-19/h1-9,12,20-21H,10-11H2/b17-12-. The topological polar surface area (TPSA) is 44.9 Å². The molecule has 2 heterocycles. The Bertz CT molecular complexity index is 875. The van der Waals surface area contributed by atoms with Gasteiger partial charge in [-0.3, -0.25) is 4.79 Å². The molecule has 22 heavy (non-hydrogen) atoms. The van der Waals surface area contributed by atoms with Crippen LogP contribution in [0.5, 0.6) is 0 Å². The van der Waals surface area contributed by atoms with Crippen LogP contribution in [-0.4, -0.2) is 17.3 Å². The van der Waals surface area contributed by atoms with Gasteiger partial charge in [0.25, 0.3) is 0 Å². The number of rotatable bonds is 2. The second-order valence-corrected chi connectivity index (χ2v) is 5.49. The number of carbonyl (C=O) groups excluding carboxylic acids is 1. The molecule has 3 nitrogen and oxygen atoms in total. The van der Waals surface area contributed by atoms with Crippen LogP contribution >= 0.6 is 0 Å². The summed E-state index contributed by atoms with van der Waals surface area (Å²) in [5.41, 5.74) is 5.04. The molecule has 1 aromatic heterocycles. The number of hydrogen-bond donors (Lipinski definition) is 2. The van der Waals surface area contributed by atoms with Crippen LogP contribution in [0.15, 0.2) is 60.7 Å². The molecule has 0 saturated heterocycles. The minimum Gasteiger partial charge on any atom is -0.383 e. The molecule has 0 fully saturated rings.